The number of benzene rings is 1. The number of likely N-dealkylation sites (tertiary alicyclic amines) is 1. The number of rotatable bonds is 4. The lowest BCUT2D eigenvalue weighted by Crippen LogP contribution is -2.44. The van der Waals surface area contributed by atoms with E-state index in [-0.39, 0.29) is 30.3 Å². The van der Waals surface area contributed by atoms with Gasteiger partial charge in [-0.25, -0.2) is 4.79 Å². The number of hydrogen-bond donors (Lipinski definition) is 0. The molecule has 2 aliphatic rings. The van der Waals surface area contributed by atoms with Gasteiger partial charge in [-0.2, -0.15) is 0 Å². The van der Waals surface area contributed by atoms with Gasteiger partial charge in [0.05, 0.1) is 12.0 Å². The molecule has 0 aliphatic carbocycles. The van der Waals surface area contributed by atoms with E-state index in [0.717, 1.165) is 11.3 Å². The van der Waals surface area contributed by atoms with Crippen LogP contribution in [0.15, 0.2) is 39.5 Å². The molecular formula is C24H28N2O5. The topological polar surface area (TPSA) is 80.1 Å². The van der Waals surface area contributed by atoms with Gasteiger partial charge in [0.15, 0.2) is 0 Å². The van der Waals surface area contributed by atoms with Gasteiger partial charge in [0.2, 0.25) is 11.8 Å². The number of carbonyl (C=O) groups is 2. The number of piperidine rings is 1. The Morgan fingerprint density at radius 3 is 2.45 bits per heavy atom. The van der Waals surface area contributed by atoms with Crippen molar-refractivity contribution in [2.24, 2.45) is 5.92 Å². The second-order valence-electron chi connectivity index (χ2n) is 8.54. The molecule has 2 aliphatic heterocycles. The Bertz CT molecular complexity index is 1050. The van der Waals surface area contributed by atoms with Crippen LogP contribution in [0, 0.1) is 26.7 Å². The zero-order valence-electron chi connectivity index (χ0n) is 18.2. The van der Waals surface area contributed by atoms with E-state index in [4.69, 9.17) is 9.15 Å². The van der Waals surface area contributed by atoms with Crippen LogP contribution in [-0.2, 0) is 9.59 Å². The van der Waals surface area contributed by atoms with Gasteiger partial charge < -0.3 is 19.0 Å². The normalized spacial score (nSPS) is 19.7. The third kappa shape index (κ3) is 4.65. The first-order valence-corrected chi connectivity index (χ1v) is 10.7. The fourth-order valence-electron chi connectivity index (χ4n) is 4.30. The van der Waals surface area contributed by atoms with Crippen LogP contribution in [-0.4, -0.2) is 42.5 Å². The minimum atomic E-state index is -0.429. The van der Waals surface area contributed by atoms with Gasteiger partial charge in [0.1, 0.15) is 17.6 Å². The van der Waals surface area contributed by atoms with E-state index in [1.807, 2.05) is 36.9 Å². The quantitative estimate of drug-likeness (QED) is 0.754. The number of nitrogens with zero attached hydrogens (tertiary/aromatic N) is 2. The lowest BCUT2D eigenvalue weighted by molar-refractivity contribution is -0.137. The lowest BCUT2D eigenvalue weighted by atomic mass is 10.0. The molecule has 7 nitrogen and oxygen atoms in total. The number of amides is 2. The Morgan fingerprint density at radius 2 is 1.77 bits per heavy atom. The molecule has 4 rings (SSSR count). The summed E-state index contributed by atoms with van der Waals surface area (Å²) in [7, 11) is 0. The SMILES string of the molecule is Cc1cc(OC2CCN(C(=O)[C@@H]3CC(=O)N(c4ccc(C)c(C)c4)C3)CC2)cc(=O)o1. The third-order valence-corrected chi connectivity index (χ3v) is 6.20. The van der Waals surface area contributed by atoms with E-state index in [9.17, 15) is 14.4 Å². The first kappa shape index (κ1) is 21.2. The number of aryl methyl sites for hydroxylation is 3. The van der Waals surface area contributed by atoms with Gasteiger partial charge in [0, 0.05) is 50.7 Å². The van der Waals surface area contributed by atoms with Crippen LogP contribution in [0.2, 0.25) is 0 Å². The van der Waals surface area contributed by atoms with Crippen molar-refractivity contribution >= 4 is 17.5 Å². The van der Waals surface area contributed by atoms with Crippen molar-refractivity contribution in [1.29, 1.82) is 0 Å². The largest absolute Gasteiger partial charge is 0.490 e. The Balaban J connectivity index is 1.34. The predicted octanol–water partition coefficient (Wildman–Crippen LogP) is 2.99. The van der Waals surface area contributed by atoms with E-state index in [1.165, 1.54) is 11.6 Å². The first-order valence-electron chi connectivity index (χ1n) is 10.7. The van der Waals surface area contributed by atoms with Gasteiger partial charge in [-0.05, 0) is 44.0 Å². The highest BCUT2D eigenvalue weighted by Crippen LogP contribution is 2.29. The summed E-state index contributed by atoms with van der Waals surface area (Å²) < 4.78 is 10.9. The highest BCUT2D eigenvalue weighted by atomic mass is 16.5. The summed E-state index contributed by atoms with van der Waals surface area (Å²) in [6.07, 6.45) is 1.57. The van der Waals surface area contributed by atoms with Gasteiger partial charge in [-0.1, -0.05) is 6.07 Å². The van der Waals surface area contributed by atoms with E-state index in [2.05, 4.69) is 0 Å². The molecule has 0 saturated carbocycles. The van der Waals surface area contributed by atoms with E-state index in [1.54, 1.807) is 17.9 Å². The van der Waals surface area contributed by atoms with E-state index >= 15 is 0 Å². The van der Waals surface area contributed by atoms with Gasteiger partial charge in [-0.15, -0.1) is 0 Å². The standard InChI is InChI=1S/C24H28N2O5/c1-15-4-5-19(10-16(15)2)26-14-18(12-22(26)27)24(29)25-8-6-20(7-9-25)31-21-11-17(3)30-23(28)13-21/h4-5,10-11,13,18,20H,6-9,12,14H2,1-3H3/t18-/m1/s1. The van der Waals surface area contributed by atoms with Crippen LogP contribution < -0.4 is 15.3 Å². The van der Waals surface area contributed by atoms with Crippen molar-refractivity contribution in [1.82, 2.24) is 4.90 Å². The Labute approximate surface area is 181 Å². The second kappa shape index (κ2) is 8.57. The van der Waals surface area contributed by atoms with Crippen molar-refractivity contribution in [3.8, 4) is 5.75 Å². The Kier molecular flexibility index (Phi) is 5.85. The molecule has 2 saturated heterocycles. The van der Waals surface area contributed by atoms with E-state index < -0.39 is 5.63 Å². The summed E-state index contributed by atoms with van der Waals surface area (Å²) >= 11 is 0. The van der Waals surface area contributed by atoms with Crippen molar-refractivity contribution in [3.63, 3.8) is 0 Å². The number of hydrogen-bond acceptors (Lipinski definition) is 5. The monoisotopic (exact) mass is 424 g/mol. The van der Waals surface area contributed by atoms with Crippen molar-refractivity contribution in [2.75, 3.05) is 24.5 Å². The van der Waals surface area contributed by atoms with Gasteiger partial charge >= 0.3 is 5.63 Å². The summed E-state index contributed by atoms with van der Waals surface area (Å²) in [6.45, 7) is 7.36. The molecule has 0 bridgehead atoms. The maximum absolute atomic E-state index is 13.1. The minimum absolute atomic E-state index is 0.00176. The molecule has 0 spiro atoms. The lowest BCUT2D eigenvalue weighted by Gasteiger charge is -2.33. The van der Waals surface area contributed by atoms with Crippen LogP contribution in [0.3, 0.4) is 0 Å². The minimum Gasteiger partial charge on any atom is -0.490 e. The molecular weight excluding hydrogens is 396 g/mol. The number of carbonyl (C=O) groups excluding carboxylic acids is 2. The van der Waals surface area contributed by atoms with Crippen LogP contribution in [0.1, 0.15) is 36.1 Å². The molecule has 3 heterocycles. The average Bonchev–Trinajstić information content (AvgIpc) is 3.11. The maximum atomic E-state index is 13.1. The molecule has 1 atom stereocenters. The number of ether oxygens (including phenoxy) is 1. The first-order chi connectivity index (χ1) is 14.8. The molecule has 1 aromatic heterocycles. The molecule has 0 N–H and O–H groups in total. The van der Waals surface area contributed by atoms with Crippen molar-refractivity contribution in [3.05, 3.63) is 57.6 Å². The summed E-state index contributed by atoms with van der Waals surface area (Å²) in [5.41, 5.74) is 2.74. The van der Waals surface area contributed by atoms with Gasteiger partial charge in [-0.3, -0.25) is 9.59 Å². The molecule has 31 heavy (non-hydrogen) atoms. The van der Waals surface area contributed by atoms with Crippen molar-refractivity contribution < 1.29 is 18.7 Å². The Hall–Kier alpha value is -3.09. The highest BCUT2D eigenvalue weighted by molar-refractivity contribution is 6.00. The zero-order chi connectivity index (χ0) is 22.1. The zero-order valence-corrected chi connectivity index (χ0v) is 18.2. The van der Waals surface area contributed by atoms with Crippen LogP contribution in [0.25, 0.3) is 0 Å². The molecule has 0 radical (unpaired) electrons. The van der Waals surface area contributed by atoms with Crippen molar-refractivity contribution in [2.45, 2.75) is 46.1 Å². The fourth-order valence-corrected chi connectivity index (χ4v) is 4.30. The molecule has 164 valence electrons. The van der Waals surface area contributed by atoms with Crippen LogP contribution >= 0.6 is 0 Å². The van der Waals surface area contributed by atoms with Gasteiger partial charge in [0.25, 0.3) is 0 Å². The summed E-state index contributed by atoms with van der Waals surface area (Å²) in [4.78, 5) is 40.7. The molecule has 2 fully saturated rings. The third-order valence-electron chi connectivity index (χ3n) is 6.20. The predicted molar refractivity (Wildman–Crippen MR) is 116 cm³/mol. The summed E-state index contributed by atoms with van der Waals surface area (Å²) in [5, 5.41) is 0. The molecule has 0 unspecified atom stereocenters. The molecule has 2 amide bonds. The Morgan fingerprint density at radius 1 is 1.03 bits per heavy atom. The number of anilines is 1. The fraction of sp³-hybridized carbons (Fsp3) is 0.458. The summed E-state index contributed by atoms with van der Waals surface area (Å²) in [6, 6.07) is 9.01. The average molecular weight is 424 g/mol. The molecule has 2 aromatic rings. The van der Waals surface area contributed by atoms with E-state index in [0.29, 0.717) is 44.0 Å². The smallest absolute Gasteiger partial charge is 0.339 e. The second-order valence-corrected chi connectivity index (χ2v) is 8.54. The summed E-state index contributed by atoms with van der Waals surface area (Å²) in [5.74, 6) is 0.735. The molecule has 1 aromatic carbocycles. The van der Waals surface area contributed by atoms with Crippen LogP contribution in [0.4, 0.5) is 5.69 Å². The van der Waals surface area contributed by atoms with Crippen LogP contribution in [0.5, 0.6) is 5.75 Å². The maximum Gasteiger partial charge on any atom is 0.339 e. The highest BCUT2D eigenvalue weighted by Gasteiger charge is 2.38. The molecule has 7 heteroatoms.